The number of hydrogen-bond donors (Lipinski definition) is 0. The minimum absolute atomic E-state index is 0.0242. The van der Waals surface area contributed by atoms with Gasteiger partial charge in [0.1, 0.15) is 18.3 Å². The molecule has 0 bridgehead atoms. The molecule has 0 saturated heterocycles. The Morgan fingerprint density at radius 1 is 1.31 bits per heavy atom. The molecule has 0 radical (unpaired) electrons. The van der Waals surface area contributed by atoms with E-state index in [9.17, 15) is 19.7 Å². The van der Waals surface area contributed by atoms with E-state index in [-0.39, 0.29) is 36.5 Å². The first-order valence-corrected chi connectivity index (χ1v) is 10.3. The summed E-state index contributed by atoms with van der Waals surface area (Å²) in [4.78, 5) is 37.7. The van der Waals surface area contributed by atoms with E-state index in [1.807, 2.05) is 0 Å². The second kappa shape index (κ2) is 10.2. The number of amides is 2. The van der Waals surface area contributed by atoms with Crippen LogP contribution in [0.25, 0.3) is 0 Å². The van der Waals surface area contributed by atoms with E-state index in [1.165, 1.54) is 35.4 Å². The molecule has 32 heavy (non-hydrogen) atoms. The summed E-state index contributed by atoms with van der Waals surface area (Å²) in [6, 6.07) is 9.04. The Balaban J connectivity index is 1.86. The number of furan rings is 1. The molecule has 1 aromatic carbocycles. The molecule has 10 heteroatoms. The van der Waals surface area contributed by atoms with Gasteiger partial charge in [-0.25, -0.2) is 5.01 Å². The van der Waals surface area contributed by atoms with E-state index >= 15 is 0 Å². The van der Waals surface area contributed by atoms with E-state index < -0.39 is 11.0 Å². The van der Waals surface area contributed by atoms with Crippen LogP contribution in [0.5, 0.6) is 0 Å². The van der Waals surface area contributed by atoms with Crippen LogP contribution in [-0.4, -0.2) is 59.2 Å². The fraction of sp³-hybridized carbons (Fsp3) is 0.409. The Morgan fingerprint density at radius 3 is 2.59 bits per heavy atom. The van der Waals surface area contributed by atoms with Crippen LogP contribution in [0, 0.1) is 16.0 Å². The summed E-state index contributed by atoms with van der Waals surface area (Å²) in [5.74, 6) is -0.201. The van der Waals surface area contributed by atoms with Crippen molar-refractivity contribution in [2.24, 2.45) is 11.0 Å². The van der Waals surface area contributed by atoms with Gasteiger partial charge in [0.25, 0.3) is 11.6 Å². The Kier molecular flexibility index (Phi) is 7.37. The average Bonchev–Trinajstić information content (AvgIpc) is 3.46. The second-order valence-corrected chi connectivity index (χ2v) is 7.73. The molecule has 1 aliphatic rings. The van der Waals surface area contributed by atoms with Crippen molar-refractivity contribution in [3.63, 3.8) is 0 Å². The lowest BCUT2D eigenvalue weighted by atomic mass is 10.0. The SMILES string of the molecule is COCCN(CC(=O)N1N=C(c2ccc([N+](=O)[O-])cc2)C[C@@H]1c1ccco1)C(=O)C(C)C. The molecule has 1 atom stereocenters. The van der Waals surface area contributed by atoms with Gasteiger partial charge in [0.2, 0.25) is 5.91 Å². The van der Waals surface area contributed by atoms with E-state index in [2.05, 4.69) is 5.10 Å². The molecule has 3 rings (SSSR count). The van der Waals surface area contributed by atoms with Gasteiger partial charge in [-0.3, -0.25) is 19.7 Å². The molecule has 2 heterocycles. The van der Waals surface area contributed by atoms with Crippen molar-refractivity contribution in [3.05, 3.63) is 64.1 Å². The summed E-state index contributed by atoms with van der Waals surface area (Å²) in [6.07, 6.45) is 1.91. The van der Waals surface area contributed by atoms with Gasteiger partial charge < -0.3 is 14.1 Å². The number of non-ortho nitro benzene ring substituents is 1. The van der Waals surface area contributed by atoms with Crippen LogP contribution in [-0.2, 0) is 14.3 Å². The molecule has 0 aliphatic carbocycles. The third kappa shape index (κ3) is 5.20. The minimum Gasteiger partial charge on any atom is -0.467 e. The lowest BCUT2D eigenvalue weighted by Gasteiger charge is -2.27. The highest BCUT2D eigenvalue weighted by Gasteiger charge is 2.36. The van der Waals surface area contributed by atoms with Crippen LogP contribution < -0.4 is 0 Å². The predicted molar refractivity (Wildman–Crippen MR) is 116 cm³/mol. The first-order chi connectivity index (χ1) is 15.3. The zero-order valence-electron chi connectivity index (χ0n) is 18.3. The second-order valence-electron chi connectivity index (χ2n) is 7.73. The number of rotatable bonds is 9. The molecule has 1 aromatic heterocycles. The zero-order chi connectivity index (χ0) is 23.3. The van der Waals surface area contributed by atoms with Crippen molar-refractivity contribution < 1.29 is 23.7 Å². The van der Waals surface area contributed by atoms with Gasteiger partial charge >= 0.3 is 0 Å². The molecule has 10 nitrogen and oxygen atoms in total. The van der Waals surface area contributed by atoms with Crippen molar-refractivity contribution in [2.75, 3.05) is 26.8 Å². The van der Waals surface area contributed by atoms with Crippen molar-refractivity contribution in [1.82, 2.24) is 9.91 Å². The number of carbonyl (C=O) groups is 2. The smallest absolute Gasteiger partial charge is 0.269 e. The normalized spacial score (nSPS) is 15.7. The predicted octanol–water partition coefficient (Wildman–Crippen LogP) is 3.00. The number of carbonyl (C=O) groups excluding carboxylic acids is 2. The molecule has 2 amide bonds. The number of benzene rings is 1. The highest BCUT2D eigenvalue weighted by atomic mass is 16.6. The largest absolute Gasteiger partial charge is 0.467 e. The first-order valence-electron chi connectivity index (χ1n) is 10.3. The van der Waals surface area contributed by atoms with Crippen LogP contribution in [0.4, 0.5) is 5.69 Å². The van der Waals surface area contributed by atoms with Crippen LogP contribution in [0.2, 0.25) is 0 Å². The fourth-order valence-electron chi connectivity index (χ4n) is 3.46. The summed E-state index contributed by atoms with van der Waals surface area (Å²) in [5.41, 5.74) is 1.26. The van der Waals surface area contributed by atoms with Crippen molar-refractivity contribution >= 4 is 23.2 Å². The van der Waals surface area contributed by atoms with Gasteiger partial charge in [0.05, 0.1) is 23.5 Å². The van der Waals surface area contributed by atoms with E-state index in [0.29, 0.717) is 30.1 Å². The van der Waals surface area contributed by atoms with E-state index in [0.717, 1.165) is 0 Å². The van der Waals surface area contributed by atoms with Crippen molar-refractivity contribution in [3.8, 4) is 0 Å². The van der Waals surface area contributed by atoms with E-state index in [1.54, 1.807) is 38.1 Å². The molecule has 0 saturated carbocycles. The molecule has 1 aliphatic heterocycles. The molecule has 0 fully saturated rings. The topological polar surface area (TPSA) is 118 Å². The number of nitro benzene ring substituents is 1. The summed E-state index contributed by atoms with van der Waals surface area (Å²) >= 11 is 0. The van der Waals surface area contributed by atoms with Gasteiger partial charge in [-0.15, -0.1) is 0 Å². The zero-order valence-corrected chi connectivity index (χ0v) is 18.3. The lowest BCUT2D eigenvalue weighted by Crippen LogP contribution is -2.44. The third-order valence-corrected chi connectivity index (χ3v) is 5.15. The van der Waals surface area contributed by atoms with Gasteiger partial charge in [-0.05, 0) is 29.8 Å². The molecule has 0 N–H and O–H groups in total. The maximum absolute atomic E-state index is 13.2. The van der Waals surface area contributed by atoms with Crippen LogP contribution >= 0.6 is 0 Å². The minimum atomic E-state index is -0.471. The number of hydrazone groups is 1. The maximum atomic E-state index is 13.2. The van der Waals surface area contributed by atoms with Gasteiger partial charge in [-0.1, -0.05) is 13.8 Å². The highest BCUT2D eigenvalue weighted by Crippen LogP contribution is 2.33. The van der Waals surface area contributed by atoms with E-state index in [4.69, 9.17) is 9.15 Å². The van der Waals surface area contributed by atoms with Gasteiger partial charge in [0.15, 0.2) is 0 Å². The highest BCUT2D eigenvalue weighted by molar-refractivity contribution is 6.03. The van der Waals surface area contributed by atoms with Gasteiger partial charge in [0, 0.05) is 38.1 Å². The summed E-state index contributed by atoms with van der Waals surface area (Å²) in [7, 11) is 1.54. The lowest BCUT2D eigenvalue weighted by molar-refractivity contribution is -0.384. The Bertz CT molecular complexity index is 984. The third-order valence-electron chi connectivity index (χ3n) is 5.15. The summed E-state index contributed by atoms with van der Waals surface area (Å²) in [5, 5.41) is 16.8. The molecular formula is C22H26N4O6. The van der Waals surface area contributed by atoms with Crippen molar-refractivity contribution in [1.29, 1.82) is 0 Å². The Labute approximate surface area is 185 Å². The molecular weight excluding hydrogens is 416 g/mol. The molecule has 0 unspecified atom stereocenters. The monoisotopic (exact) mass is 442 g/mol. The molecule has 170 valence electrons. The summed E-state index contributed by atoms with van der Waals surface area (Å²) in [6.45, 7) is 4.01. The van der Waals surface area contributed by atoms with Crippen LogP contribution in [0.15, 0.2) is 52.2 Å². The summed E-state index contributed by atoms with van der Waals surface area (Å²) < 4.78 is 10.6. The van der Waals surface area contributed by atoms with Crippen LogP contribution in [0.3, 0.4) is 0 Å². The number of nitro groups is 1. The number of methoxy groups -OCH3 is 1. The van der Waals surface area contributed by atoms with Gasteiger partial charge in [-0.2, -0.15) is 5.10 Å². The Morgan fingerprint density at radius 2 is 2.03 bits per heavy atom. The molecule has 2 aromatic rings. The molecule has 0 spiro atoms. The van der Waals surface area contributed by atoms with Crippen LogP contribution in [0.1, 0.15) is 37.6 Å². The van der Waals surface area contributed by atoms with Crippen molar-refractivity contribution in [2.45, 2.75) is 26.3 Å². The number of nitrogens with zero attached hydrogens (tertiary/aromatic N) is 4. The standard InChI is InChI=1S/C22H26N4O6/c1-15(2)22(28)24(10-12-31-3)14-21(27)25-19(20-5-4-11-32-20)13-18(23-25)16-6-8-17(9-7-16)26(29)30/h4-9,11,15,19H,10,12-14H2,1-3H3/t19-/m1/s1. The first kappa shape index (κ1) is 23.1. The fourth-order valence-corrected chi connectivity index (χ4v) is 3.46. The average molecular weight is 442 g/mol. The Hall–Kier alpha value is -3.53. The quantitative estimate of drug-likeness (QED) is 0.435. The maximum Gasteiger partial charge on any atom is 0.269 e. The number of ether oxygens (including phenoxy) is 1. The number of hydrogen-bond acceptors (Lipinski definition) is 7.